The average Bonchev–Trinajstić information content (AvgIpc) is 2.92. The Hall–Kier alpha value is -1.94. The lowest BCUT2D eigenvalue weighted by Gasteiger charge is -2.24. The van der Waals surface area contributed by atoms with Gasteiger partial charge in [0.05, 0.1) is 12.6 Å². The summed E-state index contributed by atoms with van der Waals surface area (Å²) in [6.07, 6.45) is 4.14. The molecule has 0 radical (unpaired) electrons. The number of para-hydroxylation sites is 1. The minimum absolute atomic E-state index is 0. The fourth-order valence-electron chi connectivity index (χ4n) is 2.79. The van der Waals surface area contributed by atoms with Crippen LogP contribution in [0.1, 0.15) is 17.2 Å². The highest BCUT2D eigenvalue weighted by molar-refractivity contribution is 6.13. The van der Waals surface area contributed by atoms with Crippen molar-refractivity contribution in [1.82, 2.24) is 0 Å². The van der Waals surface area contributed by atoms with Gasteiger partial charge in [-0.25, -0.2) is 4.39 Å². The van der Waals surface area contributed by atoms with Crippen LogP contribution in [0.5, 0.6) is 0 Å². The van der Waals surface area contributed by atoms with Gasteiger partial charge in [-0.3, -0.25) is 4.99 Å². The molecule has 1 unspecified atom stereocenters. The first-order valence-electron chi connectivity index (χ1n) is 6.69. The third-order valence-corrected chi connectivity index (χ3v) is 3.81. The van der Waals surface area contributed by atoms with Crippen LogP contribution in [0, 0.1) is 5.82 Å². The number of amidine groups is 1. The zero-order valence-electron chi connectivity index (χ0n) is 11.2. The number of rotatable bonds is 1. The van der Waals surface area contributed by atoms with Gasteiger partial charge in [0, 0.05) is 5.69 Å². The van der Waals surface area contributed by atoms with E-state index in [2.05, 4.69) is 23.1 Å². The number of hydrogen-bond acceptors (Lipinski definition) is 2. The topological polar surface area (TPSA) is 15.6 Å². The van der Waals surface area contributed by atoms with Crippen LogP contribution in [-0.4, -0.2) is 12.4 Å². The first-order valence-corrected chi connectivity index (χ1v) is 6.69. The van der Waals surface area contributed by atoms with E-state index in [9.17, 15) is 4.39 Å². The van der Waals surface area contributed by atoms with Gasteiger partial charge in [0.1, 0.15) is 11.7 Å². The Labute approximate surface area is 133 Å². The predicted octanol–water partition coefficient (Wildman–Crippen LogP) is 0.816. The minimum Gasteiger partial charge on any atom is -1.00 e. The molecule has 0 saturated carbocycles. The first-order chi connectivity index (χ1) is 9.81. The number of aliphatic imine (C=N–C) groups is 1. The Morgan fingerprint density at radius 2 is 1.76 bits per heavy atom. The van der Waals surface area contributed by atoms with E-state index in [1.165, 1.54) is 23.4 Å². The third-order valence-electron chi connectivity index (χ3n) is 3.81. The standard InChI is InChI=1S/C17H13FN2.BrH/c18-14-8-5-12(6-9-14)15-11-20-16-4-2-1-3-13(16)7-10-17(20)19-15;/h1-10,15H,11H2;1H/p-1. The van der Waals surface area contributed by atoms with Crippen LogP contribution in [0.15, 0.2) is 59.6 Å². The van der Waals surface area contributed by atoms with Crippen molar-refractivity contribution in [2.75, 3.05) is 11.4 Å². The van der Waals surface area contributed by atoms with Gasteiger partial charge in [0.2, 0.25) is 0 Å². The van der Waals surface area contributed by atoms with Crippen molar-refractivity contribution >= 4 is 17.6 Å². The Bertz CT molecular complexity index is 722. The molecule has 0 spiro atoms. The normalized spacial score (nSPS) is 18.6. The van der Waals surface area contributed by atoms with Crippen LogP contribution in [0.2, 0.25) is 0 Å². The molecule has 21 heavy (non-hydrogen) atoms. The summed E-state index contributed by atoms with van der Waals surface area (Å²) in [5.74, 6) is 0.778. The molecule has 0 aliphatic carbocycles. The summed E-state index contributed by atoms with van der Waals surface area (Å²) in [7, 11) is 0. The lowest BCUT2D eigenvalue weighted by atomic mass is 10.1. The van der Waals surface area contributed by atoms with Crippen molar-refractivity contribution < 1.29 is 21.4 Å². The molecule has 2 heterocycles. The molecule has 2 aromatic carbocycles. The monoisotopic (exact) mass is 343 g/mol. The zero-order valence-corrected chi connectivity index (χ0v) is 12.8. The maximum absolute atomic E-state index is 13.0. The Morgan fingerprint density at radius 3 is 2.57 bits per heavy atom. The van der Waals surface area contributed by atoms with Crippen LogP contribution in [0.4, 0.5) is 10.1 Å². The van der Waals surface area contributed by atoms with Crippen LogP contribution >= 0.6 is 0 Å². The van der Waals surface area contributed by atoms with E-state index in [4.69, 9.17) is 4.99 Å². The van der Waals surface area contributed by atoms with Crippen LogP contribution in [0.3, 0.4) is 0 Å². The summed E-state index contributed by atoms with van der Waals surface area (Å²) in [5, 5.41) is 0. The van der Waals surface area contributed by atoms with Gasteiger partial charge < -0.3 is 21.9 Å². The van der Waals surface area contributed by atoms with Crippen LogP contribution in [-0.2, 0) is 0 Å². The van der Waals surface area contributed by atoms with Crippen molar-refractivity contribution in [2.24, 2.45) is 4.99 Å². The molecule has 2 aromatic rings. The van der Waals surface area contributed by atoms with E-state index in [0.29, 0.717) is 0 Å². The van der Waals surface area contributed by atoms with Gasteiger partial charge in [0.15, 0.2) is 0 Å². The van der Waals surface area contributed by atoms with Crippen LogP contribution < -0.4 is 21.9 Å². The highest BCUT2D eigenvalue weighted by Gasteiger charge is 2.28. The summed E-state index contributed by atoms with van der Waals surface area (Å²) in [4.78, 5) is 6.97. The molecular formula is C17H13BrFN2-. The largest absolute Gasteiger partial charge is 1.00 e. The lowest BCUT2D eigenvalue weighted by Crippen LogP contribution is -3.00. The molecule has 0 N–H and O–H groups in total. The fourth-order valence-corrected chi connectivity index (χ4v) is 2.79. The first kappa shape index (κ1) is 14.0. The van der Waals surface area contributed by atoms with Gasteiger partial charge in [0.25, 0.3) is 0 Å². The molecule has 106 valence electrons. The summed E-state index contributed by atoms with van der Waals surface area (Å²) in [6, 6.07) is 15.0. The zero-order chi connectivity index (χ0) is 13.5. The molecule has 0 aromatic heterocycles. The molecule has 4 rings (SSSR count). The summed E-state index contributed by atoms with van der Waals surface area (Å²) >= 11 is 0. The number of halogens is 2. The maximum Gasteiger partial charge on any atom is 0.128 e. The van der Waals surface area contributed by atoms with E-state index in [-0.39, 0.29) is 28.8 Å². The average molecular weight is 344 g/mol. The molecule has 2 nitrogen and oxygen atoms in total. The van der Waals surface area contributed by atoms with Gasteiger partial charge >= 0.3 is 0 Å². The van der Waals surface area contributed by atoms with E-state index in [1.54, 1.807) is 0 Å². The molecule has 4 heteroatoms. The van der Waals surface area contributed by atoms with E-state index < -0.39 is 0 Å². The fraction of sp³-hybridized carbons (Fsp3) is 0.118. The molecular weight excluding hydrogens is 331 g/mol. The second-order valence-electron chi connectivity index (χ2n) is 5.06. The van der Waals surface area contributed by atoms with Crippen molar-refractivity contribution in [2.45, 2.75) is 6.04 Å². The molecule has 2 aliphatic heterocycles. The van der Waals surface area contributed by atoms with Crippen molar-refractivity contribution in [1.29, 1.82) is 0 Å². The number of fused-ring (bicyclic) bond motifs is 3. The Balaban J connectivity index is 0.00000132. The lowest BCUT2D eigenvalue weighted by molar-refractivity contribution is -0.00000446. The van der Waals surface area contributed by atoms with Gasteiger partial charge in [-0.05, 0) is 41.5 Å². The molecule has 2 aliphatic rings. The Morgan fingerprint density at radius 1 is 1.00 bits per heavy atom. The van der Waals surface area contributed by atoms with E-state index in [1.807, 2.05) is 30.3 Å². The van der Waals surface area contributed by atoms with Crippen molar-refractivity contribution in [3.63, 3.8) is 0 Å². The van der Waals surface area contributed by atoms with E-state index in [0.717, 1.165) is 17.9 Å². The summed E-state index contributed by atoms with van der Waals surface area (Å²) in [6.45, 7) is 0.808. The molecule has 1 atom stereocenters. The summed E-state index contributed by atoms with van der Waals surface area (Å²) in [5.41, 5.74) is 3.46. The Kier molecular flexibility index (Phi) is 3.64. The molecule has 0 fully saturated rings. The van der Waals surface area contributed by atoms with Gasteiger partial charge in [-0.2, -0.15) is 0 Å². The number of benzene rings is 2. The highest BCUT2D eigenvalue weighted by atomic mass is 79.9. The van der Waals surface area contributed by atoms with Crippen LogP contribution in [0.25, 0.3) is 6.08 Å². The van der Waals surface area contributed by atoms with Crippen molar-refractivity contribution in [3.05, 3.63) is 71.6 Å². The smallest absolute Gasteiger partial charge is 0.128 e. The van der Waals surface area contributed by atoms with Crippen molar-refractivity contribution in [3.8, 4) is 0 Å². The molecule has 0 amide bonds. The second-order valence-corrected chi connectivity index (χ2v) is 5.06. The quantitative estimate of drug-likeness (QED) is 0.748. The van der Waals surface area contributed by atoms with Gasteiger partial charge in [-0.15, -0.1) is 0 Å². The number of hydrogen-bond donors (Lipinski definition) is 0. The summed E-state index contributed by atoms with van der Waals surface area (Å²) < 4.78 is 13.0. The maximum atomic E-state index is 13.0. The predicted molar refractivity (Wildman–Crippen MR) is 79.4 cm³/mol. The molecule has 0 bridgehead atoms. The molecule has 0 saturated heterocycles. The SMILES string of the molecule is Fc1ccc(C2CN3C(=N2)C=Cc2ccccc23)cc1.[Br-]. The highest BCUT2D eigenvalue weighted by Crippen LogP contribution is 2.34. The van der Waals surface area contributed by atoms with E-state index >= 15 is 0 Å². The van der Waals surface area contributed by atoms with Gasteiger partial charge in [-0.1, -0.05) is 30.3 Å². The number of nitrogens with zero attached hydrogens (tertiary/aromatic N) is 2. The number of anilines is 1. The third kappa shape index (κ3) is 2.40. The minimum atomic E-state index is -0.206. The second kappa shape index (κ2) is 5.45.